The van der Waals surface area contributed by atoms with Gasteiger partial charge in [-0.05, 0) is 37.1 Å². The molecule has 2 aromatic carbocycles. The number of benzene rings is 2. The number of imide groups is 1. The summed E-state index contributed by atoms with van der Waals surface area (Å²) in [5.74, 6) is -1.19. The van der Waals surface area contributed by atoms with E-state index in [0.717, 1.165) is 4.90 Å². The van der Waals surface area contributed by atoms with E-state index < -0.39 is 35.5 Å². The fourth-order valence-electron chi connectivity index (χ4n) is 4.07. The topological polar surface area (TPSA) is 117 Å². The first-order chi connectivity index (χ1) is 16.2. The Morgan fingerprint density at radius 2 is 1.76 bits per heavy atom. The second kappa shape index (κ2) is 9.18. The molecule has 2 atom stereocenters. The Labute approximate surface area is 201 Å². The smallest absolute Gasteiger partial charge is 0.338 e. The van der Waals surface area contributed by atoms with Crippen molar-refractivity contribution >= 4 is 35.5 Å². The molecule has 4 rings (SSSR count). The molecule has 0 spiro atoms. The van der Waals surface area contributed by atoms with Gasteiger partial charge in [-0.3, -0.25) is 9.69 Å². The van der Waals surface area contributed by atoms with Crippen LogP contribution in [0.1, 0.15) is 31.0 Å². The van der Waals surface area contributed by atoms with Crippen molar-refractivity contribution in [1.29, 1.82) is 0 Å². The minimum atomic E-state index is -1.33. The van der Waals surface area contributed by atoms with Crippen LogP contribution in [0.15, 0.2) is 65.9 Å². The number of amides is 5. The molecule has 2 aromatic rings. The number of carbonyl (C=O) groups excluding carboxylic acids is 4. The van der Waals surface area contributed by atoms with Gasteiger partial charge in [-0.2, -0.15) is 0 Å². The Hall–Kier alpha value is -3.85. The first-order valence-corrected chi connectivity index (χ1v) is 11.0. The molecule has 0 aliphatic carbocycles. The van der Waals surface area contributed by atoms with Gasteiger partial charge in [0.25, 0.3) is 5.91 Å². The number of urea groups is 2. The SMILES string of the molecule is CCOC(=O)C1=C(CN2C(=O)NC(C)(c3ccc(Cl)cc3)C2=O)NC(=O)NC1c1ccccc1. The number of hydrogen-bond acceptors (Lipinski definition) is 5. The number of hydrogen-bond donors (Lipinski definition) is 3. The molecule has 2 aliphatic rings. The molecule has 3 N–H and O–H groups in total. The zero-order valence-corrected chi connectivity index (χ0v) is 19.3. The third kappa shape index (κ3) is 4.22. The maximum Gasteiger partial charge on any atom is 0.338 e. The zero-order valence-electron chi connectivity index (χ0n) is 18.6. The number of carbonyl (C=O) groups is 4. The highest BCUT2D eigenvalue weighted by Gasteiger charge is 2.50. The molecule has 2 heterocycles. The molecule has 0 aromatic heterocycles. The van der Waals surface area contributed by atoms with Gasteiger partial charge in [0.2, 0.25) is 0 Å². The van der Waals surface area contributed by atoms with E-state index >= 15 is 0 Å². The monoisotopic (exact) mass is 482 g/mol. The molecule has 1 fully saturated rings. The molecular formula is C24H23ClN4O5. The van der Waals surface area contributed by atoms with Crippen LogP contribution in [0.3, 0.4) is 0 Å². The minimum absolute atomic E-state index is 0.111. The van der Waals surface area contributed by atoms with Crippen LogP contribution in [0, 0.1) is 0 Å². The van der Waals surface area contributed by atoms with E-state index in [1.165, 1.54) is 0 Å². The lowest BCUT2D eigenvalue weighted by molar-refractivity contribution is -0.139. The summed E-state index contributed by atoms with van der Waals surface area (Å²) < 4.78 is 5.23. The quantitative estimate of drug-likeness (QED) is 0.432. The van der Waals surface area contributed by atoms with Crippen molar-refractivity contribution in [3.63, 3.8) is 0 Å². The van der Waals surface area contributed by atoms with Crippen LogP contribution in [0.4, 0.5) is 9.59 Å². The largest absolute Gasteiger partial charge is 0.463 e. The summed E-state index contributed by atoms with van der Waals surface area (Å²) in [7, 11) is 0. The molecule has 176 valence electrons. The van der Waals surface area contributed by atoms with Gasteiger partial charge in [-0.1, -0.05) is 54.1 Å². The van der Waals surface area contributed by atoms with Gasteiger partial charge in [-0.15, -0.1) is 0 Å². The van der Waals surface area contributed by atoms with Crippen molar-refractivity contribution in [2.45, 2.75) is 25.4 Å². The van der Waals surface area contributed by atoms with Crippen LogP contribution in [-0.4, -0.2) is 42.0 Å². The summed E-state index contributed by atoms with van der Waals surface area (Å²) in [6.45, 7) is 3.05. The highest BCUT2D eigenvalue weighted by atomic mass is 35.5. The number of esters is 1. The average molecular weight is 483 g/mol. The van der Waals surface area contributed by atoms with E-state index in [1.807, 2.05) is 6.07 Å². The lowest BCUT2D eigenvalue weighted by Crippen LogP contribution is -2.49. The third-order valence-corrected chi connectivity index (χ3v) is 6.05. The second-order valence-corrected chi connectivity index (χ2v) is 8.44. The fraction of sp³-hybridized carbons (Fsp3) is 0.250. The molecule has 0 saturated carbocycles. The predicted octanol–water partition coefficient (Wildman–Crippen LogP) is 2.98. The van der Waals surface area contributed by atoms with Crippen molar-refractivity contribution in [2.24, 2.45) is 0 Å². The van der Waals surface area contributed by atoms with Crippen LogP contribution >= 0.6 is 11.6 Å². The summed E-state index contributed by atoms with van der Waals surface area (Å²) in [6.07, 6.45) is 0. The van der Waals surface area contributed by atoms with Gasteiger partial charge < -0.3 is 20.7 Å². The Kier molecular flexibility index (Phi) is 6.30. The standard InChI is InChI=1S/C24H23ClN4O5/c1-3-34-20(30)18-17(26-22(32)27-19(18)14-7-5-4-6-8-14)13-29-21(31)24(2,28-23(29)33)15-9-11-16(25)12-10-15/h4-12,19H,3,13H2,1-2H3,(H,28,33)(H2,26,27,32). The molecule has 34 heavy (non-hydrogen) atoms. The summed E-state index contributed by atoms with van der Waals surface area (Å²) in [5, 5.41) is 8.51. The molecule has 2 unspecified atom stereocenters. The number of halogens is 1. The Morgan fingerprint density at radius 3 is 2.41 bits per heavy atom. The number of rotatable bonds is 6. The van der Waals surface area contributed by atoms with Crippen molar-refractivity contribution in [3.05, 3.63) is 82.0 Å². The predicted molar refractivity (Wildman–Crippen MR) is 124 cm³/mol. The first kappa shape index (κ1) is 23.3. The minimum Gasteiger partial charge on any atom is -0.463 e. The zero-order chi connectivity index (χ0) is 24.5. The number of nitrogens with zero attached hydrogens (tertiary/aromatic N) is 1. The maximum absolute atomic E-state index is 13.4. The van der Waals surface area contributed by atoms with E-state index in [-0.39, 0.29) is 24.4 Å². The first-order valence-electron chi connectivity index (χ1n) is 10.7. The number of nitrogens with one attached hydrogen (secondary N) is 3. The molecule has 10 heteroatoms. The lowest BCUT2D eigenvalue weighted by Gasteiger charge is -2.30. The Morgan fingerprint density at radius 1 is 1.09 bits per heavy atom. The Bertz CT molecular complexity index is 1180. The lowest BCUT2D eigenvalue weighted by atomic mass is 9.92. The van der Waals surface area contributed by atoms with E-state index in [9.17, 15) is 19.2 Å². The van der Waals surface area contributed by atoms with E-state index in [4.69, 9.17) is 16.3 Å². The summed E-state index contributed by atoms with van der Waals surface area (Å²) >= 11 is 5.96. The van der Waals surface area contributed by atoms with Gasteiger partial charge in [0.1, 0.15) is 5.54 Å². The van der Waals surface area contributed by atoms with Gasteiger partial charge >= 0.3 is 18.0 Å². The normalized spacial score (nSPS) is 22.3. The second-order valence-electron chi connectivity index (χ2n) is 8.01. The molecule has 0 radical (unpaired) electrons. The van der Waals surface area contributed by atoms with Crippen molar-refractivity contribution in [2.75, 3.05) is 13.2 Å². The van der Waals surface area contributed by atoms with E-state index in [0.29, 0.717) is 16.1 Å². The molecule has 1 saturated heterocycles. The number of ether oxygens (including phenoxy) is 1. The molecule has 2 aliphatic heterocycles. The summed E-state index contributed by atoms with van der Waals surface area (Å²) in [5.41, 5.74) is 0.102. The van der Waals surface area contributed by atoms with Crippen molar-refractivity contribution in [3.8, 4) is 0 Å². The van der Waals surface area contributed by atoms with Crippen LogP contribution in [-0.2, 0) is 19.9 Å². The maximum atomic E-state index is 13.4. The Balaban J connectivity index is 1.72. The average Bonchev–Trinajstić information content (AvgIpc) is 3.03. The van der Waals surface area contributed by atoms with Crippen LogP contribution in [0.2, 0.25) is 5.02 Å². The van der Waals surface area contributed by atoms with Gasteiger partial charge in [0, 0.05) is 5.02 Å². The van der Waals surface area contributed by atoms with Crippen molar-refractivity contribution < 1.29 is 23.9 Å². The summed E-state index contributed by atoms with van der Waals surface area (Å²) in [6, 6.07) is 13.4. The van der Waals surface area contributed by atoms with E-state index in [2.05, 4.69) is 16.0 Å². The molecule has 5 amide bonds. The van der Waals surface area contributed by atoms with Crippen molar-refractivity contribution in [1.82, 2.24) is 20.9 Å². The van der Waals surface area contributed by atoms with E-state index in [1.54, 1.807) is 62.4 Å². The molecule has 0 bridgehead atoms. The summed E-state index contributed by atoms with van der Waals surface area (Å²) in [4.78, 5) is 52.6. The van der Waals surface area contributed by atoms with Gasteiger partial charge in [0.15, 0.2) is 0 Å². The van der Waals surface area contributed by atoms with Crippen LogP contribution in [0.25, 0.3) is 0 Å². The van der Waals surface area contributed by atoms with Gasteiger partial charge in [0.05, 0.1) is 30.5 Å². The highest BCUT2D eigenvalue weighted by Crippen LogP contribution is 2.32. The van der Waals surface area contributed by atoms with Crippen LogP contribution in [0.5, 0.6) is 0 Å². The molecule has 9 nitrogen and oxygen atoms in total. The van der Waals surface area contributed by atoms with Gasteiger partial charge in [-0.25, -0.2) is 14.4 Å². The molecular weight excluding hydrogens is 460 g/mol. The third-order valence-electron chi connectivity index (χ3n) is 5.79. The fourth-order valence-corrected chi connectivity index (χ4v) is 4.19. The highest BCUT2D eigenvalue weighted by molar-refractivity contribution is 6.30. The van der Waals surface area contributed by atoms with Crippen LogP contribution < -0.4 is 16.0 Å².